The molecule has 0 saturated carbocycles. The first kappa shape index (κ1) is 13.8. The van der Waals surface area contributed by atoms with Crippen LogP contribution in [0.1, 0.15) is 24.0 Å². The zero-order chi connectivity index (χ0) is 13.0. The van der Waals surface area contributed by atoms with E-state index in [1.54, 1.807) is 0 Å². The van der Waals surface area contributed by atoms with Crippen LogP contribution in [-0.4, -0.2) is 40.2 Å². The number of hydrogen-bond acceptors (Lipinski definition) is 4. The largest absolute Gasteiger partial charge is 0.465 e. The Morgan fingerprint density at radius 3 is 2.83 bits per heavy atom. The van der Waals surface area contributed by atoms with Crippen molar-refractivity contribution >= 4 is 10.8 Å². The van der Waals surface area contributed by atoms with Gasteiger partial charge in [-0.3, -0.25) is 9.11 Å². The maximum absolute atomic E-state index is 11.3. The van der Waals surface area contributed by atoms with Crippen LogP contribution < -0.4 is 5.32 Å². The summed E-state index contributed by atoms with van der Waals surface area (Å²) in [5.41, 5.74) is 1.26. The second kappa shape index (κ2) is 6.50. The monoisotopic (exact) mass is 270 g/mol. The molecule has 0 amide bonds. The molecule has 102 valence electrons. The number of hydrogen-bond donors (Lipinski definition) is 1. The van der Waals surface area contributed by atoms with Crippen molar-refractivity contribution in [3.05, 3.63) is 23.2 Å². The lowest BCUT2D eigenvalue weighted by atomic mass is 10.2. The maximum Gasteiger partial charge on any atom is 0.118 e. The molecule has 1 aliphatic heterocycles. The van der Waals surface area contributed by atoms with Crippen LogP contribution in [0.25, 0.3) is 0 Å². The van der Waals surface area contributed by atoms with Gasteiger partial charge in [-0.2, -0.15) is 0 Å². The second-order valence-corrected chi connectivity index (χ2v) is 6.39. The standard InChI is InChI=1S/C13H22N2O2S/c1-3-14-9-13-8-12(11(2)17-13)10-15-4-6-18(16)7-5-15/h8,14H,3-7,9-10H2,1-2H3. The Balaban J connectivity index is 1.92. The molecule has 2 heterocycles. The number of aryl methyl sites for hydroxylation is 1. The number of furan rings is 1. The minimum atomic E-state index is -0.598. The molecule has 0 spiro atoms. The molecule has 18 heavy (non-hydrogen) atoms. The van der Waals surface area contributed by atoms with E-state index in [0.29, 0.717) is 0 Å². The van der Waals surface area contributed by atoms with Crippen molar-refractivity contribution in [1.82, 2.24) is 10.2 Å². The highest BCUT2D eigenvalue weighted by molar-refractivity contribution is 7.85. The first-order chi connectivity index (χ1) is 8.69. The highest BCUT2D eigenvalue weighted by atomic mass is 32.2. The molecule has 2 rings (SSSR count). The van der Waals surface area contributed by atoms with Crippen LogP contribution in [0.4, 0.5) is 0 Å². The van der Waals surface area contributed by atoms with Gasteiger partial charge in [0.1, 0.15) is 11.5 Å². The van der Waals surface area contributed by atoms with Crippen LogP contribution in [0.15, 0.2) is 10.5 Å². The fraction of sp³-hybridized carbons (Fsp3) is 0.692. The summed E-state index contributed by atoms with van der Waals surface area (Å²) < 4.78 is 17.0. The Morgan fingerprint density at radius 2 is 2.17 bits per heavy atom. The average Bonchev–Trinajstić information content (AvgIpc) is 2.70. The molecular weight excluding hydrogens is 248 g/mol. The van der Waals surface area contributed by atoms with Crippen molar-refractivity contribution < 1.29 is 8.63 Å². The maximum atomic E-state index is 11.3. The highest BCUT2D eigenvalue weighted by Gasteiger charge is 2.17. The third kappa shape index (κ3) is 3.67. The molecule has 1 aromatic rings. The first-order valence-electron chi connectivity index (χ1n) is 6.55. The van der Waals surface area contributed by atoms with Gasteiger partial charge in [0, 0.05) is 47.5 Å². The van der Waals surface area contributed by atoms with Crippen molar-refractivity contribution in [2.24, 2.45) is 0 Å². The van der Waals surface area contributed by atoms with E-state index in [1.807, 2.05) is 6.92 Å². The molecule has 0 bridgehead atoms. The minimum Gasteiger partial charge on any atom is -0.465 e. The van der Waals surface area contributed by atoms with Gasteiger partial charge in [0.15, 0.2) is 0 Å². The van der Waals surface area contributed by atoms with E-state index in [0.717, 1.165) is 55.7 Å². The van der Waals surface area contributed by atoms with E-state index in [4.69, 9.17) is 4.42 Å². The third-order valence-electron chi connectivity index (χ3n) is 3.29. The molecule has 0 unspecified atom stereocenters. The lowest BCUT2D eigenvalue weighted by Crippen LogP contribution is -2.37. The van der Waals surface area contributed by atoms with Gasteiger partial charge in [-0.25, -0.2) is 0 Å². The van der Waals surface area contributed by atoms with Crippen molar-refractivity contribution in [3.8, 4) is 0 Å². The van der Waals surface area contributed by atoms with Crippen LogP contribution in [0.3, 0.4) is 0 Å². The lowest BCUT2D eigenvalue weighted by molar-refractivity contribution is 0.289. The molecule has 1 fully saturated rings. The molecule has 4 nitrogen and oxygen atoms in total. The smallest absolute Gasteiger partial charge is 0.118 e. The molecule has 0 atom stereocenters. The number of nitrogens with zero attached hydrogens (tertiary/aromatic N) is 1. The Labute approximate surface area is 111 Å². The van der Waals surface area contributed by atoms with Crippen molar-refractivity contribution in [2.75, 3.05) is 31.1 Å². The molecule has 0 aromatic carbocycles. The zero-order valence-electron chi connectivity index (χ0n) is 11.2. The van der Waals surface area contributed by atoms with E-state index in [-0.39, 0.29) is 0 Å². The first-order valence-corrected chi connectivity index (χ1v) is 8.04. The van der Waals surface area contributed by atoms with E-state index in [9.17, 15) is 4.21 Å². The SMILES string of the molecule is CCNCc1cc(CN2CCS(=O)CC2)c(C)o1. The van der Waals surface area contributed by atoms with Crippen LogP contribution >= 0.6 is 0 Å². The molecule has 5 heteroatoms. The molecule has 1 saturated heterocycles. The van der Waals surface area contributed by atoms with Gasteiger partial charge < -0.3 is 9.73 Å². The Hall–Kier alpha value is -0.650. The van der Waals surface area contributed by atoms with Gasteiger partial charge in [-0.1, -0.05) is 6.92 Å². The summed E-state index contributed by atoms with van der Waals surface area (Å²) in [6.45, 7) is 8.63. The molecule has 0 aliphatic carbocycles. The van der Waals surface area contributed by atoms with Gasteiger partial charge >= 0.3 is 0 Å². The Bertz CT molecular complexity index is 407. The van der Waals surface area contributed by atoms with Crippen LogP contribution in [-0.2, 0) is 23.9 Å². The summed E-state index contributed by atoms with van der Waals surface area (Å²) in [5, 5.41) is 3.27. The fourth-order valence-corrected chi connectivity index (χ4v) is 3.28. The van der Waals surface area contributed by atoms with Gasteiger partial charge in [-0.15, -0.1) is 0 Å². The minimum absolute atomic E-state index is 0.598. The summed E-state index contributed by atoms with van der Waals surface area (Å²) in [7, 11) is -0.598. The van der Waals surface area contributed by atoms with Crippen LogP contribution in [0, 0.1) is 6.92 Å². The second-order valence-electron chi connectivity index (χ2n) is 4.70. The van der Waals surface area contributed by atoms with E-state index < -0.39 is 10.8 Å². The normalized spacial score (nSPS) is 18.3. The summed E-state index contributed by atoms with van der Waals surface area (Å²) in [5.74, 6) is 3.63. The molecule has 1 aromatic heterocycles. The molecule has 1 aliphatic rings. The predicted molar refractivity (Wildman–Crippen MR) is 74.0 cm³/mol. The van der Waals surface area contributed by atoms with Gasteiger partial charge in [0.2, 0.25) is 0 Å². The highest BCUT2D eigenvalue weighted by Crippen LogP contribution is 2.17. The molecule has 1 N–H and O–H groups in total. The van der Waals surface area contributed by atoms with Crippen molar-refractivity contribution in [1.29, 1.82) is 0 Å². The molecule has 0 radical (unpaired) electrons. The van der Waals surface area contributed by atoms with Crippen molar-refractivity contribution in [3.63, 3.8) is 0 Å². The third-order valence-corrected chi connectivity index (χ3v) is 4.56. The van der Waals surface area contributed by atoms with Gasteiger partial charge in [0.25, 0.3) is 0 Å². The summed E-state index contributed by atoms with van der Waals surface area (Å²) >= 11 is 0. The topological polar surface area (TPSA) is 45.5 Å². The summed E-state index contributed by atoms with van der Waals surface area (Å²) in [4.78, 5) is 2.36. The van der Waals surface area contributed by atoms with E-state index >= 15 is 0 Å². The predicted octanol–water partition coefficient (Wildman–Crippen LogP) is 1.26. The quantitative estimate of drug-likeness (QED) is 0.875. The van der Waals surface area contributed by atoms with Crippen LogP contribution in [0.2, 0.25) is 0 Å². The van der Waals surface area contributed by atoms with Crippen LogP contribution in [0.5, 0.6) is 0 Å². The number of rotatable bonds is 5. The average molecular weight is 270 g/mol. The van der Waals surface area contributed by atoms with Crippen molar-refractivity contribution in [2.45, 2.75) is 26.9 Å². The zero-order valence-corrected chi connectivity index (χ0v) is 12.0. The molecular formula is C13H22N2O2S. The van der Waals surface area contributed by atoms with Gasteiger partial charge in [0.05, 0.1) is 6.54 Å². The Kier molecular flexibility index (Phi) is 4.97. The summed E-state index contributed by atoms with van der Waals surface area (Å²) in [6, 6.07) is 2.14. The summed E-state index contributed by atoms with van der Waals surface area (Å²) in [6.07, 6.45) is 0. The Morgan fingerprint density at radius 1 is 1.44 bits per heavy atom. The lowest BCUT2D eigenvalue weighted by Gasteiger charge is -2.25. The van der Waals surface area contributed by atoms with Gasteiger partial charge in [-0.05, 0) is 19.5 Å². The van der Waals surface area contributed by atoms with E-state index in [2.05, 4.69) is 23.2 Å². The fourth-order valence-electron chi connectivity index (χ4n) is 2.15. The van der Waals surface area contributed by atoms with E-state index in [1.165, 1.54) is 5.56 Å². The number of nitrogens with one attached hydrogen (secondary N) is 1.